The minimum atomic E-state index is -1.09. The zero-order valence-electron chi connectivity index (χ0n) is 14.4. The summed E-state index contributed by atoms with van der Waals surface area (Å²) in [5.74, 6) is 1.63. The summed E-state index contributed by atoms with van der Waals surface area (Å²) in [5.41, 5.74) is 2.25. The van der Waals surface area contributed by atoms with Gasteiger partial charge in [0.05, 0.1) is 6.04 Å². The Balaban J connectivity index is 2.01. The molecule has 0 spiro atoms. The van der Waals surface area contributed by atoms with E-state index in [1.54, 1.807) is 0 Å². The molecule has 2 atom stereocenters. The Bertz CT molecular complexity index is 635. The van der Waals surface area contributed by atoms with E-state index in [1.807, 2.05) is 83.1 Å². The normalized spacial score (nSPS) is 14.3. The molecule has 23 heavy (non-hydrogen) atoms. The van der Waals surface area contributed by atoms with Gasteiger partial charge in [0.25, 0.3) is 0 Å². The molecule has 0 amide bonds. The Morgan fingerprint density at radius 3 is 2.26 bits per heavy atom. The van der Waals surface area contributed by atoms with E-state index < -0.39 is 11.4 Å². The highest BCUT2D eigenvalue weighted by Gasteiger charge is 2.28. The molecular formula is C19H25NO2S. The highest BCUT2D eigenvalue weighted by molar-refractivity contribution is 7.90. The lowest BCUT2D eigenvalue weighted by Gasteiger charge is -2.26. The lowest BCUT2D eigenvalue weighted by Crippen LogP contribution is -2.40. The standard InChI is InChI=1S/C19H25NO2S/c1-14-7-6-8-18(13-14)22-17-11-9-16(10-12-17)15(2)20-23(21)19(3,4)5/h6-13,15,20H,1-5H3. The van der Waals surface area contributed by atoms with Gasteiger partial charge in [0.15, 0.2) is 0 Å². The second-order valence-corrected chi connectivity index (χ2v) is 8.71. The molecule has 124 valence electrons. The quantitative estimate of drug-likeness (QED) is 0.793. The number of rotatable bonds is 5. The highest BCUT2D eigenvalue weighted by Crippen LogP contribution is 2.25. The largest absolute Gasteiger partial charge is 0.598 e. The van der Waals surface area contributed by atoms with Crippen molar-refractivity contribution >= 4 is 11.4 Å². The number of hydrogen-bond donors (Lipinski definition) is 1. The van der Waals surface area contributed by atoms with Crippen LogP contribution in [-0.4, -0.2) is 9.30 Å². The molecule has 2 rings (SSSR count). The van der Waals surface area contributed by atoms with Gasteiger partial charge in [-0.05, 0) is 70.0 Å². The molecule has 3 nitrogen and oxygen atoms in total. The second kappa shape index (κ2) is 7.39. The van der Waals surface area contributed by atoms with Crippen molar-refractivity contribution in [1.29, 1.82) is 0 Å². The summed E-state index contributed by atoms with van der Waals surface area (Å²) in [4.78, 5) is 0. The van der Waals surface area contributed by atoms with Gasteiger partial charge in [0, 0.05) is 11.4 Å². The summed E-state index contributed by atoms with van der Waals surface area (Å²) in [6.07, 6.45) is 0. The molecule has 1 N–H and O–H groups in total. The van der Waals surface area contributed by atoms with Gasteiger partial charge in [-0.3, -0.25) is 0 Å². The first-order chi connectivity index (χ1) is 10.8. The van der Waals surface area contributed by atoms with Crippen molar-refractivity contribution < 1.29 is 9.29 Å². The summed E-state index contributed by atoms with van der Waals surface area (Å²) in [5, 5.41) is 0. The van der Waals surface area contributed by atoms with Gasteiger partial charge in [-0.1, -0.05) is 24.3 Å². The molecule has 4 heteroatoms. The maximum atomic E-state index is 12.2. The Morgan fingerprint density at radius 1 is 1.04 bits per heavy atom. The molecule has 0 aromatic heterocycles. The summed E-state index contributed by atoms with van der Waals surface area (Å²) < 4.78 is 20.9. The molecule has 0 saturated carbocycles. The fourth-order valence-corrected chi connectivity index (χ4v) is 2.86. The minimum Gasteiger partial charge on any atom is -0.598 e. The van der Waals surface area contributed by atoms with Gasteiger partial charge in [-0.25, -0.2) is 0 Å². The average Bonchev–Trinajstić information content (AvgIpc) is 2.47. The van der Waals surface area contributed by atoms with Crippen LogP contribution in [-0.2, 0) is 11.4 Å². The predicted octanol–water partition coefficient (Wildman–Crippen LogP) is 4.90. The van der Waals surface area contributed by atoms with E-state index in [-0.39, 0.29) is 10.8 Å². The topological polar surface area (TPSA) is 44.3 Å². The first-order valence-corrected chi connectivity index (χ1v) is 8.93. The summed E-state index contributed by atoms with van der Waals surface area (Å²) >= 11 is -1.09. The minimum absolute atomic E-state index is 0.0167. The SMILES string of the molecule is Cc1cccc(Oc2ccc(C(C)N[S+]([O-])C(C)(C)C)cc2)c1. The number of aryl methyl sites for hydroxylation is 1. The Labute approximate surface area is 142 Å². The van der Waals surface area contributed by atoms with Crippen molar-refractivity contribution in [3.63, 3.8) is 0 Å². The molecule has 0 saturated heterocycles. The summed E-state index contributed by atoms with van der Waals surface area (Å²) in [7, 11) is 0. The Morgan fingerprint density at radius 2 is 1.70 bits per heavy atom. The molecule has 2 aromatic rings. The lowest BCUT2D eigenvalue weighted by atomic mass is 10.1. The van der Waals surface area contributed by atoms with E-state index in [4.69, 9.17) is 4.74 Å². The van der Waals surface area contributed by atoms with Crippen LogP contribution in [0.15, 0.2) is 48.5 Å². The van der Waals surface area contributed by atoms with Gasteiger partial charge in [0.2, 0.25) is 0 Å². The fraction of sp³-hybridized carbons (Fsp3) is 0.368. The van der Waals surface area contributed by atoms with Crippen LogP contribution in [0.1, 0.15) is 44.9 Å². The molecule has 2 aromatic carbocycles. The fourth-order valence-electron chi connectivity index (χ4n) is 2.04. The van der Waals surface area contributed by atoms with E-state index in [0.29, 0.717) is 0 Å². The monoisotopic (exact) mass is 331 g/mol. The molecule has 0 fully saturated rings. The number of nitrogens with one attached hydrogen (secondary N) is 1. The van der Waals surface area contributed by atoms with Crippen molar-refractivity contribution in [2.24, 2.45) is 0 Å². The van der Waals surface area contributed by atoms with Crippen LogP contribution in [0.2, 0.25) is 0 Å². The lowest BCUT2D eigenvalue weighted by molar-refractivity contribution is 0.481. The van der Waals surface area contributed by atoms with Crippen LogP contribution in [0, 0.1) is 6.92 Å². The summed E-state index contributed by atoms with van der Waals surface area (Å²) in [6, 6.07) is 15.9. The first kappa shape index (κ1) is 17.9. The third kappa shape index (κ3) is 5.27. The van der Waals surface area contributed by atoms with Crippen LogP contribution in [0.3, 0.4) is 0 Å². The van der Waals surface area contributed by atoms with Crippen molar-refractivity contribution in [2.45, 2.75) is 45.4 Å². The maximum Gasteiger partial charge on any atom is 0.136 e. The van der Waals surface area contributed by atoms with Gasteiger partial charge >= 0.3 is 0 Å². The van der Waals surface area contributed by atoms with Crippen molar-refractivity contribution in [3.8, 4) is 11.5 Å². The summed E-state index contributed by atoms with van der Waals surface area (Å²) in [6.45, 7) is 9.93. The van der Waals surface area contributed by atoms with E-state index in [2.05, 4.69) is 4.72 Å². The molecule has 0 aliphatic rings. The Hall–Kier alpha value is -1.49. The van der Waals surface area contributed by atoms with Crippen LogP contribution in [0.5, 0.6) is 11.5 Å². The van der Waals surface area contributed by atoms with Gasteiger partial charge in [-0.15, -0.1) is 4.72 Å². The van der Waals surface area contributed by atoms with Crippen LogP contribution >= 0.6 is 0 Å². The van der Waals surface area contributed by atoms with E-state index in [1.165, 1.54) is 5.56 Å². The Kier molecular flexibility index (Phi) is 5.74. The zero-order valence-corrected chi connectivity index (χ0v) is 15.2. The molecule has 0 aliphatic heterocycles. The maximum absolute atomic E-state index is 12.2. The number of hydrogen-bond acceptors (Lipinski definition) is 3. The third-order valence-corrected chi connectivity index (χ3v) is 5.13. The number of ether oxygens (including phenoxy) is 1. The van der Waals surface area contributed by atoms with Crippen LogP contribution < -0.4 is 9.46 Å². The van der Waals surface area contributed by atoms with E-state index in [9.17, 15) is 4.55 Å². The van der Waals surface area contributed by atoms with Crippen molar-refractivity contribution in [3.05, 3.63) is 59.7 Å². The van der Waals surface area contributed by atoms with Crippen LogP contribution in [0.4, 0.5) is 0 Å². The molecule has 0 radical (unpaired) electrons. The first-order valence-electron chi connectivity index (χ1n) is 7.78. The van der Waals surface area contributed by atoms with E-state index in [0.717, 1.165) is 17.1 Å². The average molecular weight is 331 g/mol. The van der Waals surface area contributed by atoms with E-state index >= 15 is 0 Å². The smallest absolute Gasteiger partial charge is 0.136 e. The zero-order chi connectivity index (χ0) is 17.0. The highest BCUT2D eigenvalue weighted by atomic mass is 32.2. The van der Waals surface area contributed by atoms with Gasteiger partial charge < -0.3 is 9.29 Å². The number of benzene rings is 2. The van der Waals surface area contributed by atoms with Gasteiger partial charge in [-0.2, -0.15) is 0 Å². The third-order valence-electron chi connectivity index (χ3n) is 3.45. The van der Waals surface area contributed by atoms with Crippen molar-refractivity contribution in [1.82, 2.24) is 4.72 Å². The van der Waals surface area contributed by atoms with Gasteiger partial charge in [0.1, 0.15) is 16.2 Å². The molecule has 0 heterocycles. The predicted molar refractivity (Wildman–Crippen MR) is 97.1 cm³/mol. The molecular weight excluding hydrogens is 306 g/mol. The van der Waals surface area contributed by atoms with Crippen LogP contribution in [0.25, 0.3) is 0 Å². The molecule has 2 unspecified atom stereocenters. The second-order valence-electron chi connectivity index (χ2n) is 6.71. The molecule has 0 aliphatic carbocycles. The molecule has 0 bridgehead atoms. The van der Waals surface area contributed by atoms with Crippen molar-refractivity contribution in [2.75, 3.05) is 0 Å².